The smallest absolute Gasteiger partial charge is 0.257 e. The maximum atomic E-state index is 14.6. The second kappa shape index (κ2) is 12.2. The van der Waals surface area contributed by atoms with E-state index >= 15 is 0 Å². The highest BCUT2D eigenvalue weighted by atomic mass is 127. The van der Waals surface area contributed by atoms with E-state index in [0.29, 0.717) is 53.7 Å². The fourth-order valence-corrected chi connectivity index (χ4v) is 6.08. The lowest BCUT2D eigenvalue weighted by Crippen LogP contribution is -2.47. The Morgan fingerprint density at radius 2 is 1.75 bits per heavy atom. The lowest BCUT2D eigenvalue weighted by molar-refractivity contribution is -0.123. The van der Waals surface area contributed by atoms with E-state index in [2.05, 4.69) is 27.5 Å². The third-order valence-electron chi connectivity index (χ3n) is 7.41. The molecule has 2 N–H and O–H groups in total. The van der Waals surface area contributed by atoms with Crippen LogP contribution in [0.25, 0.3) is 0 Å². The first kappa shape index (κ1) is 29.1. The molecule has 40 heavy (non-hydrogen) atoms. The molecule has 0 radical (unpaired) electrons. The molecule has 0 aliphatic carbocycles. The summed E-state index contributed by atoms with van der Waals surface area (Å²) in [6, 6.07) is 13.1. The number of carbonyl (C=O) groups excluding carboxylic acids is 2. The Kier molecular flexibility index (Phi) is 8.86. The van der Waals surface area contributed by atoms with Crippen molar-refractivity contribution >= 4 is 69.0 Å². The highest BCUT2D eigenvalue weighted by Gasteiger charge is 2.43. The van der Waals surface area contributed by atoms with Gasteiger partial charge in [-0.05, 0) is 77.5 Å². The van der Waals surface area contributed by atoms with Crippen LogP contribution in [0.5, 0.6) is 0 Å². The van der Waals surface area contributed by atoms with Crippen molar-refractivity contribution < 1.29 is 18.7 Å². The standard InChI is InChI=1S/C29H28Cl2FIN4O3/c1-17(21-15-24(32)23(31)16-25(21)34)37-27(18-2-4-19(30)5-3-18)29(39)36(9-8-35-10-12-40-13-11-35)26-7-6-20(33)14-22(26)28(37)38/h2-7,14-17,27H,8-13,34H2,1H3/t17-,27?/m1/s1. The predicted octanol–water partition coefficient (Wildman–Crippen LogP) is 5.94. The average Bonchev–Trinajstić information content (AvgIpc) is 3.02. The van der Waals surface area contributed by atoms with E-state index in [1.807, 2.05) is 12.1 Å². The topological polar surface area (TPSA) is 79.1 Å². The summed E-state index contributed by atoms with van der Waals surface area (Å²) >= 11 is 14.3. The minimum absolute atomic E-state index is 0.116. The Hall–Kier alpha value is -2.44. The Balaban J connectivity index is 1.65. The number of nitrogens with zero attached hydrogens (tertiary/aromatic N) is 3. The van der Waals surface area contributed by atoms with E-state index in [1.54, 1.807) is 42.2 Å². The van der Waals surface area contributed by atoms with E-state index in [4.69, 9.17) is 33.7 Å². The van der Waals surface area contributed by atoms with Gasteiger partial charge < -0.3 is 20.3 Å². The molecule has 0 spiro atoms. The highest BCUT2D eigenvalue weighted by Crippen LogP contribution is 2.42. The molecule has 1 unspecified atom stereocenters. The van der Waals surface area contributed by atoms with Crippen LogP contribution in [0.2, 0.25) is 10.0 Å². The molecule has 210 valence electrons. The first-order valence-corrected chi connectivity index (χ1v) is 14.7. The molecule has 3 aromatic carbocycles. The average molecular weight is 697 g/mol. The zero-order chi connectivity index (χ0) is 28.6. The molecule has 2 atom stereocenters. The van der Waals surface area contributed by atoms with Crippen LogP contribution >= 0.6 is 45.8 Å². The number of nitrogens with two attached hydrogens (primary N) is 1. The molecule has 1 fully saturated rings. The number of ether oxygens (including phenoxy) is 1. The number of benzene rings is 3. The minimum atomic E-state index is -1.02. The number of hydrogen-bond donors (Lipinski definition) is 1. The van der Waals surface area contributed by atoms with Gasteiger partial charge in [-0.1, -0.05) is 35.3 Å². The summed E-state index contributed by atoms with van der Waals surface area (Å²) in [7, 11) is 0. The minimum Gasteiger partial charge on any atom is -0.398 e. The Labute approximate surface area is 256 Å². The van der Waals surface area contributed by atoms with Crippen LogP contribution in [-0.2, 0) is 9.53 Å². The number of rotatable bonds is 6. The van der Waals surface area contributed by atoms with Gasteiger partial charge >= 0.3 is 0 Å². The van der Waals surface area contributed by atoms with Crippen molar-refractivity contribution in [2.75, 3.05) is 50.0 Å². The van der Waals surface area contributed by atoms with Gasteiger partial charge in [0.05, 0.1) is 35.5 Å². The Bertz CT molecular complexity index is 1440. The van der Waals surface area contributed by atoms with Crippen LogP contribution in [-0.4, -0.2) is 61.0 Å². The van der Waals surface area contributed by atoms with Gasteiger partial charge in [0.1, 0.15) is 11.9 Å². The van der Waals surface area contributed by atoms with Crippen LogP contribution in [0.3, 0.4) is 0 Å². The van der Waals surface area contributed by atoms with Crippen molar-refractivity contribution in [3.8, 4) is 0 Å². The van der Waals surface area contributed by atoms with Gasteiger partial charge in [-0.15, -0.1) is 0 Å². The first-order chi connectivity index (χ1) is 19.2. The van der Waals surface area contributed by atoms with Gasteiger partial charge in [0, 0.05) is 46.0 Å². The van der Waals surface area contributed by atoms with Crippen LogP contribution in [0.1, 0.15) is 40.5 Å². The number of amides is 2. The molecule has 5 rings (SSSR count). The number of anilines is 2. The van der Waals surface area contributed by atoms with E-state index < -0.39 is 17.9 Å². The third kappa shape index (κ3) is 5.80. The molecule has 7 nitrogen and oxygen atoms in total. The zero-order valence-corrected chi connectivity index (χ0v) is 25.4. The summed E-state index contributed by atoms with van der Waals surface area (Å²) in [5, 5.41) is 0.386. The number of halogens is 4. The SMILES string of the molecule is C[C@H](c1cc(F)c(Cl)cc1N)N1C(=O)c2cc(I)ccc2N(CCN2CCOCC2)C(=O)C1c1ccc(Cl)cc1. The molecule has 2 aliphatic rings. The number of carbonyl (C=O) groups is 2. The van der Waals surface area contributed by atoms with Crippen LogP contribution in [0, 0.1) is 9.39 Å². The molecule has 0 saturated carbocycles. The van der Waals surface area contributed by atoms with Crippen molar-refractivity contribution in [1.82, 2.24) is 9.80 Å². The lowest BCUT2D eigenvalue weighted by atomic mass is 9.97. The molecule has 0 aromatic heterocycles. The maximum absolute atomic E-state index is 14.6. The molecular formula is C29H28Cl2FIN4O3. The molecule has 1 saturated heterocycles. The van der Waals surface area contributed by atoms with Gasteiger partial charge in [-0.25, -0.2) is 4.39 Å². The molecule has 2 amide bonds. The van der Waals surface area contributed by atoms with Crippen molar-refractivity contribution in [1.29, 1.82) is 0 Å². The second-order valence-electron chi connectivity index (χ2n) is 9.84. The van der Waals surface area contributed by atoms with Gasteiger partial charge in [-0.2, -0.15) is 0 Å². The summed E-state index contributed by atoms with van der Waals surface area (Å²) in [5.41, 5.74) is 8.37. The molecule has 0 bridgehead atoms. The first-order valence-electron chi connectivity index (χ1n) is 12.9. The van der Waals surface area contributed by atoms with Crippen molar-refractivity contribution in [2.45, 2.75) is 19.0 Å². The maximum Gasteiger partial charge on any atom is 0.257 e. The summed E-state index contributed by atoms with van der Waals surface area (Å²) in [6.07, 6.45) is 0. The van der Waals surface area contributed by atoms with Crippen molar-refractivity contribution in [3.05, 3.63) is 90.7 Å². The second-order valence-corrected chi connectivity index (χ2v) is 11.9. The van der Waals surface area contributed by atoms with E-state index in [0.717, 1.165) is 16.7 Å². The number of morpholine rings is 1. The normalized spacial score (nSPS) is 19.0. The molecule has 2 aliphatic heterocycles. The lowest BCUT2D eigenvalue weighted by Gasteiger charge is -2.36. The molecule has 11 heteroatoms. The van der Waals surface area contributed by atoms with Gasteiger partial charge in [0.2, 0.25) is 0 Å². The van der Waals surface area contributed by atoms with Gasteiger partial charge in [0.25, 0.3) is 11.8 Å². The van der Waals surface area contributed by atoms with Crippen molar-refractivity contribution in [2.24, 2.45) is 0 Å². The fourth-order valence-electron chi connectivity index (χ4n) is 5.29. The molecule has 3 aromatic rings. The monoisotopic (exact) mass is 696 g/mol. The van der Waals surface area contributed by atoms with Crippen LogP contribution in [0.15, 0.2) is 54.6 Å². The third-order valence-corrected chi connectivity index (χ3v) is 8.63. The van der Waals surface area contributed by atoms with Crippen LogP contribution in [0.4, 0.5) is 15.8 Å². The number of nitrogen functional groups attached to an aromatic ring is 1. The number of fused-ring (bicyclic) bond motifs is 1. The summed E-state index contributed by atoms with van der Waals surface area (Å²) in [4.78, 5) is 34.4. The van der Waals surface area contributed by atoms with E-state index in [9.17, 15) is 14.0 Å². The Morgan fingerprint density at radius 3 is 2.45 bits per heavy atom. The zero-order valence-electron chi connectivity index (χ0n) is 21.7. The summed E-state index contributed by atoms with van der Waals surface area (Å²) in [5.74, 6) is -1.29. The summed E-state index contributed by atoms with van der Waals surface area (Å²) in [6.45, 7) is 5.55. The van der Waals surface area contributed by atoms with Gasteiger partial charge in [0.15, 0.2) is 0 Å². The number of hydrogen-bond acceptors (Lipinski definition) is 5. The van der Waals surface area contributed by atoms with Gasteiger partial charge in [-0.3, -0.25) is 14.5 Å². The van der Waals surface area contributed by atoms with Crippen LogP contribution < -0.4 is 10.6 Å². The van der Waals surface area contributed by atoms with E-state index in [1.165, 1.54) is 17.0 Å². The predicted molar refractivity (Wildman–Crippen MR) is 163 cm³/mol. The fraction of sp³-hybridized carbons (Fsp3) is 0.310. The molecule has 2 heterocycles. The largest absolute Gasteiger partial charge is 0.398 e. The quantitative estimate of drug-likeness (QED) is 0.255. The highest BCUT2D eigenvalue weighted by molar-refractivity contribution is 14.1. The Morgan fingerprint density at radius 1 is 1.05 bits per heavy atom. The van der Waals surface area contributed by atoms with E-state index in [-0.39, 0.29) is 22.5 Å². The summed E-state index contributed by atoms with van der Waals surface area (Å²) < 4.78 is 21.0. The molecular weight excluding hydrogens is 669 g/mol. The van der Waals surface area contributed by atoms with Crippen molar-refractivity contribution in [3.63, 3.8) is 0 Å².